The molecular formula is C15H11FN4O2S2. The fourth-order valence-electron chi connectivity index (χ4n) is 1.87. The summed E-state index contributed by atoms with van der Waals surface area (Å²) in [4.78, 5) is 24.5. The monoisotopic (exact) mass is 362 g/mol. The first kappa shape index (κ1) is 16.2. The maximum absolute atomic E-state index is 13.0. The number of benzene rings is 1. The second kappa shape index (κ2) is 6.85. The first-order chi connectivity index (χ1) is 11.5. The van der Waals surface area contributed by atoms with Gasteiger partial charge in [0.2, 0.25) is 0 Å². The second-order valence-corrected chi connectivity index (χ2v) is 7.07. The van der Waals surface area contributed by atoms with Crippen molar-refractivity contribution in [1.29, 1.82) is 0 Å². The van der Waals surface area contributed by atoms with Crippen LogP contribution >= 0.6 is 23.1 Å². The summed E-state index contributed by atoms with van der Waals surface area (Å²) >= 11 is 2.56. The normalized spacial score (nSPS) is 10.5. The van der Waals surface area contributed by atoms with Crippen LogP contribution in [0.5, 0.6) is 0 Å². The number of primary amides is 1. The van der Waals surface area contributed by atoms with Crippen LogP contribution in [-0.2, 0) is 0 Å². The fraction of sp³-hybridized carbons (Fsp3) is 0. The molecule has 0 saturated heterocycles. The molecule has 0 aliphatic heterocycles. The van der Waals surface area contributed by atoms with Crippen molar-refractivity contribution in [2.45, 2.75) is 9.10 Å². The van der Waals surface area contributed by atoms with E-state index in [1.54, 1.807) is 18.2 Å². The summed E-state index contributed by atoms with van der Waals surface area (Å²) in [6.45, 7) is 0. The number of carbonyl (C=O) groups is 2. The Bertz CT molecular complexity index is 876. The Kier molecular flexibility index (Phi) is 4.63. The molecule has 0 saturated carbocycles. The molecule has 2 amide bonds. The highest BCUT2D eigenvalue weighted by Crippen LogP contribution is 2.38. The summed E-state index contributed by atoms with van der Waals surface area (Å²) in [5, 5.41) is 9.30. The van der Waals surface area contributed by atoms with Crippen LogP contribution < -0.4 is 11.1 Å². The van der Waals surface area contributed by atoms with Crippen molar-refractivity contribution >= 4 is 39.9 Å². The zero-order valence-electron chi connectivity index (χ0n) is 12.1. The Balaban J connectivity index is 1.83. The maximum Gasteiger partial charge on any atom is 0.276 e. The molecule has 3 aromatic rings. The molecule has 122 valence electrons. The molecule has 1 aromatic carbocycles. The molecule has 0 atom stereocenters. The van der Waals surface area contributed by atoms with E-state index in [0.717, 1.165) is 9.10 Å². The van der Waals surface area contributed by atoms with E-state index in [0.29, 0.717) is 5.00 Å². The highest BCUT2D eigenvalue weighted by Gasteiger charge is 2.18. The van der Waals surface area contributed by atoms with E-state index < -0.39 is 11.8 Å². The number of aromatic nitrogens is 2. The fourth-order valence-corrected chi connectivity index (χ4v) is 4.05. The number of nitrogens with zero attached hydrogens (tertiary/aromatic N) is 1. The van der Waals surface area contributed by atoms with Crippen molar-refractivity contribution in [3.63, 3.8) is 0 Å². The molecule has 0 aliphatic carbocycles. The third-order valence-corrected chi connectivity index (χ3v) is 5.14. The molecule has 4 N–H and O–H groups in total. The van der Waals surface area contributed by atoms with Gasteiger partial charge in [-0.15, -0.1) is 11.3 Å². The van der Waals surface area contributed by atoms with Crippen LogP contribution in [-0.4, -0.2) is 22.0 Å². The summed E-state index contributed by atoms with van der Waals surface area (Å²) < 4.78 is 13.7. The van der Waals surface area contributed by atoms with Gasteiger partial charge >= 0.3 is 0 Å². The Labute approximate surface area is 144 Å². The molecular weight excluding hydrogens is 351 g/mol. The van der Waals surface area contributed by atoms with E-state index in [-0.39, 0.29) is 17.1 Å². The number of amides is 2. The van der Waals surface area contributed by atoms with E-state index in [1.165, 1.54) is 47.5 Å². The number of hydrogen-bond donors (Lipinski definition) is 3. The van der Waals surface area contributed by atoms with Crippen LogP contribution in [0.25, 0.3) is 0 Å². The minimum absolute atomic E-state index is 0.201. The van der Waals surface area contributed by atoms with E-state index in [9.17, 15) is 14.0 Å². The molecule has 9 heteroatoms. The van der Waals surface area contributed by atoms with Gasteiger partial charge in [0, 0.05) is 11.1 Å². The van der Waals surface area contributed by atoms with Gasteiger partial charge < -0.3 is 11.1 Å². The van der Waals surface area contributed by atoms with Gasteiger partial charge in [-0.05, 0) is 36.4 Å². The van der Waals surface area contributed by atoms with E-state index >= 15 is 0 Å². The lowest BCUT2D eigenvalue weighted by molar-refractivity contribution is 0.100. The molecule has 0 fully saturated rings. The molecule has 2 aromatic heterocycles. The van der Waals surface area contributed by atoms with Crippen LogP contribution in [0.4, 0.5) is 9.39 Å². The van der Waals surface area contributed by atoms with Gasteiger partial charge in [0.05, 0.1) is 9.77 Å². The average Bonchev–Trinajstić information content (AvgIpc) is 3.19. The molecule has 2 heterocycles. The van der Waals surface area contributed by atoms with E-state index in [1.807, 2.05) is 0 Å². The first-order valence-corrected chi connectivity index (χ1v) is 8.34. The van der Waals surface area contributed by atoms with Crippen molar-refractivity contribution < 1.29 is 14.0 Å². The predicted molar refractivity (Wildman–Crippen MR) is 89.9 cm³/mol. The molecule has 0 bridgehead atoms. The Morgan fingerprint density at radius 1 is 1.25 bits per heavy atom. The number of H-pyrrole nitrogens is 1. The summed E-state index contributed by atoms with van der Waals surface area (Å²) in [6.07, 6.45) is 1.52. The van der Waals surface area contributed by atoms with Crippen LogP contribution in [0.2, 0.25) is 0 Å². The van der Waals surface area contributed by atoms with Gasteiger partial charge in [0.1, 0.15) is 16.5 Å². The SMILES string of the molecule is NC(=O)c1cc(Sc2ccc(F)cc2)sc1NC(=O)c1cc[nH]n1. The van der Waals surface area contributed by atoms with Gasteiger partial charge in [-0.3, -0.25) is 14.7 Å². The van der Waals surface area contributed by atoms with E-state index in [4.69, 9.17) is 5.73 Å². The van der Waals surface area contributed by atoms with Crippen molar-refractivity contribution in [3.8, 4) is 0 Å². The standard InChI is InChI=1S/C15H11FN4O2S2/c16-8-1-3-9(4-2-8)23-12-7-10(13(17)21)15(24-12)19-14(22)11-5-6-18-20-11/h1-7H,(H2,17,21)(H,18,20)(H,19,22). The van der Waals surface area contributed by atoms with Crippen LogP contribution in [0.15, 0.2) is 51.7 Å². The van der Waals surface area contributed by atoms with E-state index in [2.05, 4.69) is 15.5 Å². The molecule has 3 rings (SSSR count). The van der Waals surface area contributed by atoms with Crippen molar-refractivity contribution in [3.05, 3.63) is 59.7 Å². The van der Waals surface area contributed by atoms with Crippen molar-refractivity contribution in [2.75, 3.05) is 5.32 Å². The van der Waals surface area contributed by atoms with Crippen molar-refractivity contribution in [1.82, 2.24) is 10.2 Å². The Morgan fingerprint density at radius 2 is 2.00 bits per heavy atom. The van der Waals surface area contributed by atoms with Gasteiger partial charge in [0.15, 0.2) is 0 Å². The summed E-state index contributed by atoms with van der Waals surface area (Å²) in [5.74, 6) is -1.41. The number of anilines is 1. The summed E-state index contributed by atoms with van der Waals surface area (Å²) in [7, 11) is 0. The third kappa shape index (κ3) is 3.63. The zero-order chi connectivity index (χ0) is 17.1. The van der Waals surface area contributed by atoms with Crippen molar-refractivity contribution in [2.24, 2.45) is 5.73 Å². The number of aromatic amines is 1. The van der Waals surface area contributed by atoms with Crippen LogP contribution in [0, 0.1) is 5.82 Å². The second-order valence-electron chi connectivity index (χ2n) is 4.64. The zero-order valence-corrected chi connectivity index (χ0v) is 13.7. The van der Waals surface area contributed by atoms with Gasteiger partial charge in [-0.25, -0.2) is 4.39 Å². The maximum atomic E-state index is 13.0. The molecule has 0 spiro atoms. The largest absolute Gasteiger partial charge is 0.366 e. The smallest absolute Gasteiger partial charge is 0.276 e. The minimum Gasteiger partial charge on any atom is -0.366 e. The number of nitrogens with one attached hydrogen (secondary N) is 2. The van der Waals surface area contributed by atoms with Crippen LogP contribution in [0.3, 0.4) is 0 Å². The number of thiophene rings is 1. The Hall–Kier alpha value is -2.65. The van der Waals surface area contributed by atoms with Gasteiger partial charge in [-0.1, -0.05) is 11.8 Å². The number of rotatable bonds is 5. The number of nitrogens with two attached hydrogens (primary N) is 1. The molecule has 24 heavy (non-hydrogen) atoms. The Morgan fingerprint density at radius 3 is 2.62 bits per heavy atom. The quantitative estimate of drug-likeness (QED) is 0.649. The summed E-state index contributed by atoms with van der Waals surface area (Å²) in [5.41, 5.74) is 5.79. The van der Waals surface area contributed by atoms with Gasteiger partial charge in [-0.2, -0.15) is 5.10 Å². The average molecular weight is 362 g/mol. The molecule has 0 unspecified atom stereocenters. The first-order valence-electron chi connectivity index (χ1n) is 6.71. The lowest BCUT2D eigenvalue weighted by Crippen LogP contribution is -2.16. The number of halogens is 1. The van der Waals surface area contributed by atoms with Gasteiger partial charge in [0.25, 0.3) is 11.8 Å². The number of hydrogen-bond acceptors (Lipinski definition) is 5. The highest BCUT2D eigenvalue weighted by atomic mass is 32.2. The molecule has 0 radical (unpaired) electrons. The molecule has 0 aliphatic rings. The summed E-state index contributed by atoms with van der Waals surface area (Å²) in [6, 6.07) is 9.08. The lowest BCUT2D eigenvalue weighted by atomic mass is 10.3. The minimum atomic E-state index is -0.644. The van der Waals surface area contributed by atoms with Crippen LogP contribution in [0.1, 0.15) is 20.8 Å². The predicted octanol–water partition coefficient (Wildman–Crippen LogP) is 3.11. The molecule has 6 nitrogen and oxygen atoms in total. The topological polar surface area (TPSA) is 101 Å². The third-order valence-electron chi connectivity index (χ3n) is 2.97. The lowest BCUT2D eigenvalue weighted by Gasteiger charge is -2.01. The highest BCUT2D eigenvalue weighted by molar-refractivity contribution is 8.01. The number of carbonyl (C=O) groups excluding carboxylic acids is 2.